The maximum Gasteiger partial charge on any atom is 0.490 e. The van der Waals surface area contributed by atoms with E-state index in [1.54, 1.807) is 29.2 Å². The van der Waals surface area contributed by atoms with Gasteiger partial charge in [0, 0.05) is 5.69 Å². The fourth-order valence-electron chi connectivity index (χ4n) is 3.81. The van der Waals surface area contributed by atoms with Crippen LogP contribution in [0.5, 0.6) is 0 Å². The molecular formula is C30H29F6N5O7S. The van der Waals surface area contributed by atoms with Crippen molar-refractivity contribution in [1.29, 1.82) is 0 Å². The third-order valence-corrected chi connectivity index (χ3v) is 7.48. The summed E-state index contributed by atoms with van der Waals surface area (Å²) in [5.41, 5.74) is 8.48. The van der Waals surface area contributed by atoms with Gasteiger partial charge >= 0.3 is 18.3 Å². The number of amides is 1. The van der Waals surface area contributed by atoms with Gasteiger partial charge < -0.3 is 26.1 Å². The highest BCUT2D eigenvalue weighted by molar-refractivity contribution is 7.89. The SMILES string of the molecule is C[n+]1ccn(CC(=O)Nc2cccc(S(=O)(=O)N[C@H](c3ccccc3)[C@H](N)c3ccccc3)c2)c1.O=C(O)C(F)(F)F.O=C([O-])C(F)(F)F. The zero-order valence-corrected chi connectivity index (χ0v) is 26.0. The quantitative estimate of drug-likeness (QED) is 0.150. The molecule has 1 aromatic heterocycles. The van der Waals surface area contributed by atoms with Crippen LogP contribution in [0.4, 0.5) is 32.0 Å². The molecule has 0 aliphatic carbocycles. The van der Waals surface area contributed by atoms with E-state index >= 15 is 0 Å². The van der Waals surface area contributed by atoms with E-state index in [0.29, 0.717) is 5.69 Å². The predicted octanol–water partition coefficient (Wildman–Crippen LogP) is 2.60. The van der Waals surface area contributed by atoms with Crippen LogP contribution in [-0.4, -0.2) is 48.3 Å². The Labute approximate surface area is 275 Å². The molecule has 19 heteroatoms. The molecular weight excluding hydrogens is 688 g/mol. The van der Waals surface area contributed by atoms with Crippen molar-refractivity contribution in [3.05, 3.63) is 115 Å². The van der Waals surface area contributed by atoms with Gasteiger partial charge in [-0.2, -0.15) is 26.3 Å². The van der Waals surface area contributed by atoms with E-state index in [0.717, 1.165) is 11.1 Å². The molecule has 5 N–H and O–H groups in total. The van der Waals surface area contributed by atoms with E-state index in [1.165, 1.54) is 12.1 Å². The molecule has 49 heavy (non-hydrogen) atoms. The number of nitrogens with one attached hydrogen (secondary N) is 2. The number of anilines is 1. The minimum Gasteiger partial charge on any atom is -0.542 e. The van der Waals surface area contributed by atoms with Gasteiger partial charge in [-0.15, -0.1) is 0 Å². The van der Waals surface area contributed by atoms with Crippen LogP contribution in [0.25, 0.3) is 0 Å². The molecule has 4 rings (SSSR count). The molecule has 0 spiro atoms. The summed E-state index contributed by atoms with van der Waals surface area (Å²) in [6, 6.07) is 23.4. The lowest BCUT2D eigenvalue weighted by Gasteiger charge is -2.26. The Morgan fingerprint density at radius 3 is 1.86 bits per heavy atom. The highest BCUT2D eigenvalue weighted by atomic mass is 32.2. The third kappa shape index (κ3) is 13.4. The molecule has 12 nitrogen and oxygen atoms in total. The van der Waals surface area contributed by atoms with E-state index < -0.39 is 46.4 Å². The van der Waals surface area contributed by atoms with Crippen molar-refractivity contribution in [3.63, 3.8) is 0 Å². The molecule has 4 aromatic rings. The largest absolute Gasteiger partial charge is 0.542 e. The lowest BCUT2D eigenvalue weighted by atomic mass is 9.95. The van der Waals surface area contributed by atoms with Gasteiger partial charge in [-0.1, -0.05) is 66.7 Å². The second-order valence-electron chi connectivity index (χ2n) is 9.86. The number of benzene rings is 3. The number of aromatic nitrogens is 2. The monoisotopic (exact) mass is 717 g/mol. The van der Waals surface area contributed by atoms with E-state index in [4.69, 9.17) is 25.5 Å². The summed E-state index contributed by atoms with van der Waals surface area (Å²) in [6.45, 7) is 0.109. The van der Waals surface area contributed by atoms with Crippen molar-refractivity contribution >= 4 is 33.6 Å². The second-order valence-corrected chi connectivity index (χ2v) is 11.6. The number of sulfonamides is 1. The van der Waals surface area contributed by atoms with E-state index in [-0.39, 0.29) is 17.3 Å². The van der Waals surface area contributed by atoms with Crippen molar-refractivity contribution in [3.8, 4) is 0 Å². The first kappa shape index (κ1) is 39.9. The lowest BCUT2D eigenvalue weighted by molar-refractivity contribution is -0.671. The first-order valence-electron chi connectivity index (χ1n) is 13.6. The summed E-state index contributed by atoms with van der Waals surface area (Å²) in [5.74, 6) is -6.03. The Balaban J connectivity index is 0.000000500. The fraction of sp³-hybridized carbons (Fsp3) is 0.200. The molecule has 1 amide bonds. The van der Waals surface area contributed by atoms with E-state index in [1.807, 2.05) is 78.5 Å². The molecule has 3 aromatic carbocycles. The summed E-state index contributed by atoms with van der Waals surface area (Å²) in [7, 11) is -2.10. The number of rotatable bonds is 9. The Morgan fingerprint density at radius 1 is 0.898 bits per heavy atom. The van der Waals surface area contributed by atoms with Crippen LogP contribution in [0.1, 0.15) is 23.2 Å². The molecule has 0 aliphatic rings. The molecule has 0 radical (unpaired) electrons. The summed E-state index contributed by atoms with van der Waals surface area (Å²) < 4.78 is 96.4. The molecule has 0 fully saturated rings. The number of aliphatic carboxylic acids is 2. The minimum atomic E-state index is -5.19. The van der Waals surface area contributed by atoms with E-state index in [9.17, 15) is 39.6 Å². The number of halogens is 6. The van der Waals surface area contributed by atoms with Crippen LogP contribution in [-0.2, 0) is 38.0 Å². The van der Waals surface area contributed by atoms with Crippen LogP contribution in [0.2, 0.25) is 0 Å². The van der Waals surface area contributed by atoms with Crippen molar-refractivity contribution in [2.24, 2.45) is 12.8 Å². The molecule has 2 atom stereocenters. The molecule has 264 valence electrons. The first-order chi connectivity index (χ1) is 22.7. The van der Waals surface area contributed by atoms with Gasteiger partial charge in [0.15, 0.2) is 6.54 Å². The van der Waals surface area contributed by atoms with Crippen molar-refractivity contribution in [1.82, 2.24) is 9.29 Å². The standard InChI is InChI=1S/C26H27N5O3S.2C2HF3O2/c1-30-15-16-31(19-30)18-24(32)28-22-13-8-14-23(17-22)35(33,34)29-26(21-11-6-3-7-12-21)25(27)20-9-4-2-5-10-20;2*3-2(4,5)1(6)7/h2-17,19,25-26,29H,18,27H2,1H3;2*(H,6,7)/t25-,26-;;/m1../s1. The number of aryl methyl sites for hydroxylation is 1. The van der Waals surface area contributed by atoms with Crippen LogP contribution in [0.15, 0.2) is 109 Å². The molecule has 0 saturated carbocycles. The average molecular weight is 718 g/mol. The summed E-state index contributed by atoms with van der Waals surface area (Å²) in [6.07, 6.45) is -4.89. The Hall–Kier alpha value is -5.27. The van der Waals surface area contributed by atoms with Gasteiger partial charge in [-0.3, -0.25) is 4.79 Å². The van der Waals surface area contributed by atoms with E-state index in [2.05, 4.69) is 10.0 Å². The topological polar surface area (TPSA) is 188 Å². The summed E-state index contributed by atoms with van der Waals surface area (Å²) in [5, 5.41) is 18.7. The number of carboxylic acids is 2. The van der Waals surface area contributed by atoms with Gasteiger partial charge in [0.2, 0.25) is 16.4 Å². The molecule has 1 heterocycles. The second kappa shape index (κ2) is 17.2. The van der Waals surface area contributed by atoms with Crippen LogP contribution in [0.3, 0.4) is 0 Å². The number of nitrogens with two attached hydrogens (primary N) is 1. The number of nitrogens with zero attached hydrogens (tertiary/aromatic N) is 2. The van der Waals surface area contributed by atoms with Gasteiger partial charge in [-0.05, 0) is 29.3 Å². The Bertz CT molecular complexity index is 1780. The number of carbonyl (C=O) groups excluding carboxylic acids is 2. The molecule has 0 saturated heterocycles. The molecule has 0 bridgehead atoms. The van der Waals surface area contributed by atoms with Crippen LogP contribution >= 0.6 is 0 Å². The van der Waals surface area contributed by atoms with Crippen molar-refractivity contribution in [2.45, 2.75) is 35.9 Å². The number of hydrogen-bond donors (Lipinski definition) is 4. The molecule has 0 aliphatic heterocycles. The van der Waals surface area contributed by atoms with Crippen LogP contribution < -0.4 is 25.4 Å². The zero-order chi connectivity index (χ0) is 37.0. The smallest absolute Gasteiger partial charge is 0.490 e. The predicted molar refractivity (Wildman–Crippen MR) is 158 cm³/mol. The minimum absolute atomic E-state index is 0.0313. The zero-order valence-electron chi connectivity index (χ0n) is 25.2. The summed E-state index contributed by atoms with van der Waals surface area (Å²) >= 11 is 0. The number of hydrogen-bond acceptors (Lipinski definition) is 7. The lowest BCUT2D eigenvalue weighted by Crippen LogP contribution is -2.37. The number of carboxylic acid groups (broad SMARTS) is 2. The highest BCUT2D eigenvalue weighted by Gasteiger charge is 2.38. The first-order valence-corrected chi connectivity index (χ1v) is 15.1. The number of imidazole rings is 1. The van der Waals surface area contributed by atoms with Crippen molar-refractivity contribution < 1.29 is 63.9 Å². The van der Waals surface area contributed by atoms with Crippen LogP contribution in [0, 0.1) is 0 Å². The Morgan fingerprint density at radius 2 is 1.41 bits per heavy atom. The van der Waals surface area contributed by atoms with Gasteiger partial charge in [0.25, 0.3) is 5.91 Å². The maximum absolute atomic E-state index is 13.4. The number of carbonyl (C=O) groups is 3. The third-order valence-electron chi connectivity index (χ3n) is 6.04. The Kier molecular flexibility index (Phi) is 14.0. The van der Waals surface area contributed by atoms with Gasteiger partial charge in [0.1, 0.15) is 18.4 Å². The number of alkyl halides is 6. The van der Waals surface area contributed by atoms with Gasteiger partial charge in [-0.25, -0.2) is 27.1 Å². The van der Waals surface area contributed by atoms with Crippen molar-refractivity contribution in [2.75, 3.05) is 5.32 Å². The van der Waals surface area contributed by atoms with Gasteiger partial charge in [0.05, 0.1) is 24.0 Å². The highest BCUT2D eigenvalue weighted by Crippen LogP contribution is 2.29. The normalized spacial score (nSPS) is 12.7. The maximum atomic E-state index is 13.4. The molecule has 0 unspecified atom stereocenters. The summed E-state index contributed by atoms with van der Waals surface area (Å²) in [4.78, 5) is 30.2. The fourth-order valence-corrected chi connectivity index (χ4v) is 5.11. The average Bonchev–Trinajstić information content (AvgIpc) is 3.44.